The molecule has 0 aromatic heterocycles. The SMILES string of the molecule is CCOCCCC(CN(C)CC[SiH2]CCC(OCC)OCC)NC. The summed E-state index contributed by atoms with van der Waals surface area (Å²) in [4.78, 5) is 2.47. The van der Waals surface area contributed by atoms with Gasteiger partial charge in [-0.3, -0.25) is 0 Å². The van der Waals surface area contributed by atoms with Gasteiger partial charge in [0.2, 0.25) is 0 Å². The first kappa shape index (κ1) is 24.0. The molecule has 0 aromatic rings. The van der Waals surface area contributed by atoms with E-state index in [-0.39, 0.29) is 15.8 Å². The first-order chi connectivity index (χ1) is 11.7. The summed E-state index contributed by atoms with van der Waals surface area (Å²) in [6, 6.07) is 3.25. The van der Waals surface area contributed by atoms with Crippen molar-refractivity contribution in [1.82, 2.24) is 10.2 Å². The predicted molar refractivity (Wildman–Crippen MR) is 106 cm³/mol. The monoisotopic (exact) mass is 362 g/mol. The lowest BCUT2D eigenvalue weighted by molar-refractivity contribution is -0.136. The van der Waals surface area contributed by atoms with E-state index in [4.69, 9.17) is 14.2 Å². The highest BCUT2D eigenvalue weighted by molar-refractivity contribution is 6.35. The Hall–Kier alpha value is 0.0169. The van der Waals surface area contributed by atoms with Gasteiger partial charge >= 0.3 is 0 Å². The molecule has 0 aliphatic carbocycles. The summed E-state index contributed by atoms with van der Waals surface area (Å²) < 4.78 is 16.6. The molecule has 0 heterocycles. The summed E-state index contributed by atoms with van der Waals surface area (Å²) >= 11 is 0. The molecule has 0 saturated carbocycles. The molecular weight excluding hydrogens is 320 g/mol. The van der Waals surface area contributed by atoms with E-state index in [1.165, 1.54) is 25.1 Å². The van der Waals surface area contributed by atoms with Gasteiger partial charge in [0.25, 0.3) is 0 Å². The molecule has 5 nitrogen and oxygen atoms in total. The minimum atomic E-state index is -0.0133. The van der Waals surface area contributed by atoms with Crippen LogP contribution >= 0.6 is 0 Å². The normalized spacial score (nSPS) is 13.6. The zero-order valence-corrected chi connectivity index (χ0v) is 18.2. The summed E-state index contributed by atoms with van der Waals surface area (Å²) in [7, 11) is 4.29. The minimum Gasteiger partial charge on any atom is -0.382 e. The molecule has 6 heteroatoms. The van der Waals surface area contributed by atoms with Crippen LogP contribution in [0.4, 0.5) is 0 Å². The molecule has 24 heavy (non-hydrogen) atoms. The third-order valence-electron chi connectivity index (χ3n) is 4.17. The van der Waals surface area contributed by atoms with E-state index in [1.807, 2.05) is 13.8 Å². The van der Waals surface area contributed by atoms with Gasteiger partial charge in [0.1, 0.15) is 0 Å². The molecule has 0 aliphatic heterocycles. The minimum absolute atomic E-state index is 0.0133. The Bertz CT molecular complexity index is 254. The second kappa shape index (κ2) is 17.8. The Morgan fingerprint density at radius 3 is 2.29 bits per heavy atom. The Balaban J connectivity index is 3.70. The van der Waals surface area contributed by atoms with Gasteiger partial charge in [-0.15, -0.1) is 0 Å². The first-order valence-corrected chi connectivity index (χ1v) is 11.8. The van der Waals surface area contributed by atoms with Crippen LogP contribution in [-0.4, -0.2) is 80.4 Å². The number of ether oxygens (including phenoxy) is 3. The topological polar surface area (TPSA) is 43.0 Å². The third-order valence-corrected chi connectivity index (χ3v) is 5.89. The number of rotatable bonds is 18. The summed E-state index contributed by atoms with van der Waals surface area (Å²) in [6.45, 7) is 11.6. The second-order valence-corrected chi connectivity index (χ2v) is 8.40. The third kappa shape index (κ3) is 14.4. The predicted octanol–water partition coefficient (Wildman–Crippen LogP) is 2.12. The van der Waals surface area contributed by atoms with Crippen molar-refractivity contribution in [2.45, 2.75) is 64.5 Å². The van der Waals surface area contributed by atoms with Crippen LogP contribution in [0.3, 0.4) is 0 Å². The van der Waals surface area contributed by atoms with Crippen LogP contribution in [0.15, 0.2) is 0 Å². The molecule has 0 radical (unpaired) electrons. The fourth-order valence-corrected chi connectivity index (χ4v) is 4.57. The quantitative estimate of drug-likeness (QED) is 0.230. The highest BCUT2D eigenvalue weighted by Gasteiger charge is 2.10. The van der Waals surface area contributed by atoms with Gasteiger partial charge in [-0.25, -0.2) is 0 Å². The van der Waals surface area contributed by atoms with Crippen molar-refractivity contribution in [2.75, 3.05) is 53.6 Å². The molecule has 0 aromatic carbocycles. The van der Waals surface area contributed by atoms with Crippen LogP contribution in [0.25, 0.3) is 0 Å². The van der Waals surface area contributed by atoms with Gasteiger partial charge in [0.15, 0.2) is 6.29 Å². The van der Waals surface area contributed by atoms with Crippen LogP contribution in [-0.2, 0) is 14.2 Å². The van der Waals surface area contributed by atoms with E-state index >= 15 is 0 Å². The van der Waals surface area contributed by atoms with E-state index in [1.54, 1.807) is 0 Å². The second-order valence-electron chi connectivity index (χ2n) is 6.28. The van der Waals surface area contributed by atoms with E-state index in [2.05, 4.69) is 31.2 Å². The Labute approximate surface area is 152 Å². The van der Waals surface area contributed by atoms with E-state index < -0.39 is 0 Å². The lowest BCUT2D eigenvalue weighted by Crippen LogP contribution is -2.38. The molecule has 0 spiro atoms. The molecule has 1 unspecified atom stereocenters. The number of nitrogens with one attached hydrogen (secondary N) is 1. The van der Waals surface area contributed by atoms with Crippen molar-refractivity contribution in [3.63, 3.8) is 0 Å². The lowest BCUT2D eigenvalue weighted by atomic mass is 10.1. The van der Waals surface area contributed by atoms with Crippen LogP contribution in [0.2, 0.25) is 12.1 Å². The molecule has 0 aliphatic rings. The van der Waals surface area contributed by atoms with Gasteiger partial charge in [-0.05, 0) is 60.7 Å². The number of nitrogens with zero attached hydrogens (tertiary/aromatic N) is 1. The average molecular weight is 363 g/mol. The maximum absolute atomic E-state index is 5.60. The zero-order valence-electron chi connectivity index (χ0n) is 16.8. The smallest absolute Gasteiger partial charge is 0.157 e. The molecular formula is C18H42N2O3Si. The molecule has 0 saturated heterocycles. The molecule has 1 N–H and O–H groups in total. The summed E-state index contributed by atoms with van der Waals surface area (Å²) in [5.41, 5.74) is 0. The Morgan fingerprint density at radius 1 is 1.00 bits per heavy atom. The van der Waals surface area contributed by atoms with E-state index in [0.29, 0.717) is 6.04 Å². The average Bonchev–Trinajstić information content (AvgIpc) is 2.57. The Kier molecular flexibility index (Phi) is 17.8. The van der Waals surface area contributed by atoms with Crippen molar-refractivity contribution < 1.29 is 14.2 Å². The van der Waals surface area contributed by atoms with Crippen molar-refractivity contribution in [3.8, 4) is 0 Å². The van der Waals surface area contributed by atoms with Crippen molar-refractivity contribution in [3.05, 3.63) is 0 Å². The molecule has 0 bridgehead atoms. The summed E-state index contributed by atoms with van der Waals surface area (Å²) in [5, 5.41) is 3.44. The molecule has 146 valence electrons. The van der Waals surface area contributed by atoms with Crippen LogP contribution < -0.4 is 5.32 Å². The molecule has 0 amide bonds. The van der Waals surface area contributed by atoms with E-state index in [0.717, 1.165) is 45.8 Å². The standard InChI is InChI=1S/C18H42N2O3Si/c1-6-21-13-9-10-17(19-4)16-20(5)12-15-24-14-11-18(22-7-2)23-8-3/h17-19H,6-16,24H2,1-5H3. The molecule has 0 fully saturated rings. The lowest BCUT2D eigenvalue weighted by Gasteiger charge is -2.24. The van der Waals surface area contributed by atoms with Gasteiger partial charge < -0.3 is 24.4 Å². The molecule has 1 atom stereocenters. The Morgan fingerprint density at radius 2 is 1.71 bits per heavy atom. The van der Waals surface area contributed by atoms with Crippen molar-refractivity contribution in [2.24, 2.45) is 0 Å². The van der Waals surface area contributed by atoms with Crippen molar-refractivity contribution in [1.29, 1.82) is 0 Å². The number of hydrogen-bond acceptors (Lipinski definition) is 5. The first-order valence-electron chi connectivity index (χ1n) is 9.84. The number of likely N-dealkylation sites (N-methyl/N-ethyl adjacent to an activating group) is 2. The largest absolute Gasteiger partial charge is 0.382 e. The summed E-state index contributed by atoms with van der Waals surface area (Å²) in [5.74, 6) is 0. The fraction of sp³-hybridized carbons (Fsp3) is 1.00. The van der Waals surface area contributed by atoms with Gasteiger partial charge in [0.05, 0.1) is 0 Å². The van der Waals surface area contributed by atoms with Gasteiger partial charge in [-0.2, -0.15) is 0 Å². The van der Waals surface area contributed by atoms with Crippen LogP contribution in [0.5, 0.6) is 0 Å². The van der Waals surface area contributed by atoms with Crippen LogP contribution in [0.1, 0.15) is 40.0 Å². The highest BCUT2D eigenvalue weighted by Crippen LogP contribution is 2.06. The van der Waals surface area contributed by atoms with Gasteiger partial charge in [0, 0.05) is 48.5 Å². The van der Waals surface area contributed by atoms with Gasteiger partial charge in [-0.1, -0.05) is 12.1 Å². The number of hydrogen-bond donors (Lipinski definition) is 1. The maximum Gasteiger partial charge on any atom is 0.157 e. The zero-order chi connectivity index (χ0) is 18.0. The summed E-state index contributed by atoms with van der Waals surface area (Å²) in [6.07, 6.45) is 3.40. The molecule has 0 rings (SSSR count). The highest BCUT2D eigenvalue weighted by atomic mass is 28.2. The maximum atomic E-state index is 5.60. The van der Waals surface area contributed by atoms with Crippen LogP contribution in [0, 0.1) is 0 Å². The van der Waals surface area contributed by atoms with Crippen molar-refractivity contribution >= 4 is 9.52 Å². The fourth-order valence-electron chi connectivity index (χ4n) is 2.83. The van der Waals surface area contributed by atoms with E-state index in [9.17, 15) is 0 Å².